The Hall–Kier alpha value is -3.49. The van der Waals surface area contributed by atoms with Crippen molar-refractivity contribution in [2.24, 2.45) is 0 Å². The minimum atomic E-state index is -0.527. The number of nitro benzene ring substituents is 1. The average molecular weight is 389 g/mol. The first-order valence-corrected chi connectivity index (χ1v) is 8.74. The summed E-state index contributed by atoms with van der Waals surface area (Å²) in [5.74, 6) is 1.13. The lowest BCUT2D eigenvalue weighted by Crippen LogP contribution is -2.28. The van der Waals surface area contributed by atoms with Crippen LogP contribution in [0.2, 0.25) is 0 Å². The summed E-state index contributed by atoms with van der Waals surface area (Å²) < 4.78 is 15.9. The van der Waals surface area contributed by atoms with Crippen molar-refractivity contribution >= 4 is 17.4 Å². The van der Waals surface area contributed by atoms with Crippen molar-refractivity contribution in [3.8, 4) is 17.2 Å². The Labute approximate surface area is 162 Å². The molecular weight excluding hydrogens is 366 g/mol. The van der Waals surface area contributed by atoms with E-state index in [1.807, 2.05) is 0 Å². The molecule has 2 N–H and O–H groups in total. The van der Waals surface area contributed by atoms with Gasteiger partial charge < -0.3 is 24.8 Å². The molecule has 0 atom stereocenters. The number of anilines is 1. The predicted molar refractivity (Wildman–Crippen MR) is 104 cm³/mol. The van der Waals surface area contributed by atoms with Gasteiger partial charge in [-0.2, -0.15) is 0 Å². The Kier molecular flexibility index (Phi) is 7.44. The molecule has 0 heterocycles. The molecule has 0 spiro atoms. The molecule has 0 fully saturated rings. The first-order chi connectivity index (χ1) is 13.5. The van der Waals surface area contributed by atoms with Gasteiger partial charge in [-0.15, -0.1) is 0 Å². The molecule has 0 bridgehead atoms. The van der Waals surface area contributed by atoms with Gasteiger partial charge in [0.2, 0.25) is 0 Å². The molecule has 2 rings (SSSR count). The number of hydrogen-bond donors (Lipinski definition) is 2. The van der Waals surface area contributed by atoms with Gasteiger partial charge in [0.15, 0.2) is 5.75 Å². The largest absolute Gasteiger partial charge is 0.497 e. The first-order valence-electron chi connectivity index (χ1n) is 8.74. The molecule has 0 aliphatic rings. The van der Waals surface area contributed by atoms with Crippen LogP contribution >= 0.6 is 0 Å². The van der Waals surface area contributed by atoms with Crippen LogP contribution in [-0.4, -0.2) is 31.3 Å². The lowest BCUT2D eigenvalue weighted by atomic mass is 10.1. The number of carbonyl (C=O) groups is 1. The molecule has 0 unspecified atom stereocenters. The Morgan fingerprint density at radius 3 is 2.29 bits per heavy atom. The highest BCUT2D eigenvalue weighted by Crippen LogP contribution is 2.34. The number of benzene rings is 2. The molecule has 0 aliphatic carbocycles. The Bertz CT molecular complexity index is 823. The summed E-state index contributed by atoms with van der Waals surface area (Å²) in [4.78, 5) is 22.9. The van der Waals surface area contributed by atoms with Crippen LogP contribution in [0.4, 0.5) is 16.2 Å². The fourth-order valence-electron chi connectivity index (χ4n) is 2.46. The summed E-state index contributed by atoms with van der Waals surface area (Å²) in [7, 11) is 1.56. The maximum Gasteiger partial charge on any atom is 0.319 e. The number of hydrogen-bond acceptors (Lipinski definition) is 6. The smallest absolute Gasteiger partial charge is 0.319 e. The lowest BCUT2D eigenvalue weighted by Gasteiger charge is -2.14. The molecule has 2 aromatic carbocycles. The van der Waals surface area contributed by atoms with Crippen LogP contribution in [0.1, 0.15) is 19.4 Å². The summed E-state index contributed by atoms with van der Waals surface area (Å²) in [5.41, 5.74) is 0.986. The van der Waals surface area contributed by atoms with Crippen LogP contribution in [-0.2, 0) is 6.54 Å². The third-order valence-corrected chi connectivity index (χ3v) is 3.73. The minimum Gasteiger partial charge on any atom is -0.497 e. The van der Waals surface area contributed by atoms with Gasteiger partial charge in [0, 0.05) is 17.8 Å². The van der Waals surface area contributed by atoms with Gasteiger partial charge in [-0.3, -0.25) is 10.1 Å². The molecule has 9 heteroatoms. The zero-order valence-corrected chi connectivity index (χ0v) is 16.0. The minimum absolute atomic E-state index is 0.107. The molecule has 0 aromatic heterocycles. The van der Waals surface area contributed by atoms with E-state index in [1.54, 1.807) is 45.2 Å². The maximum atomic E-state index is 12.2. The van der Waals surface area contributed by atoms with Crippen molar-refractivity contribution in [3.63, 3.8) is 0 Å². The van der Waals surface area contributed by atoms with Crippen molar-refractivity contribution < 1.29 is 23.9 Å². The average Bonchev–Trinajstić information content (AvgIpc) is 2.68. The van der Waals surface area contributed by atoms with E-state index in [-0.39, 0.29) is 24.6 Å². The molecule has 9 nitrogen and oxygen atoms in total. The number of rotatable bonds is 9. The second-order valence-corrected chi connectivity index (χ2v) is 5.59. The number of nitrogens with zero attached hydrogens (tertiary/aromatic N) is 1. The second kappa shape index (κ2) is 10.0. The van der Waals surface area contributed by atoms with E-state index in [1.165, 1.54) is 12.1 Å². The fourth-order valence-corrected chi connectivity index (χ4v) is 2.46. The van der Waals surface area contributed by atoms with Crippen molar-refractivity contribution in [1.29, 1.82) is 0 Å². The van der Waals surface area contributed by atoms with Crippen LogP contribution in [0, 0.1) is 10.1 Å². The van der Waals surface area contributed by atoms with Crippen molar-refractivity contribution in [2.45, 2.75) is 20.4 Å². The molecular formula is C19H23N3O6. The Morgan fingerprint density at radius 2 is 1.71 bits per heavy atom. The van der Waals surface area contributed by atoms with Gasteiger partial charge in [0.1, 0.15) is 11.5 Å². The standard InChI is InChI=1S/C19H23N3O6/c1-4-27-17-11-16(22(24)25)18(28-5-2)10-13(17)12-20-19(23)21-14-6-8-15(26-3)9-7-14/h6-11H,4-5,12H2,1-3H3,(H2,20,21,23). The van der Waals surface area contributed by atoms with Gasteiger partial charge in [0.05, 0.1) is 31.3 Å². The van der Waals surface area contributed by atoms with Gasteiger partial charge in [-0.1, -0.05) is 0 Å². The molecule has 0 saturated heterocycles. The van der Waals surface area contributed by atoms with Crippen LogP contribution in [0.5, 0.6) is 17.2 Å². The van der Waals surface area contributed by atoms with Crippen molar-refractivity contribution in [1.82, 2.24) is 5.32 Å². The third kappa shape index (κ3) is 5.50. The zero-order chi connectivity index (χ0) is 20.5. The molecule has 0 aliphatic heterocycles. The summed E-state index contributed by atoms with van der Waals surface area (Å²) >= 11 is 0. The molecule has 0 saturated carbocycles. The number of carbonyl (C=O) groups excluding carboxylic acids is 1. The van der Waals surface area contributed by atoms with E-state index in [4.69, 9.17) is 14.2 Å². The SMILES string of the molecule is CCOc1cc([N+](=O)[O-])c(OCC)cc1CNC(=O)Nc1ccc(OC)cc1. The summed E-state index contributed by atoms with van der Waals surface area (Å²) in [6, 6.07) is 9.28. The monoisotopic (exact) mass is 389 g/mol. The van der Waals surface area contributed by atoms with Gasteiger partial charge in [-0.05, 0) is 44.2 Å². The van der Waals surface area contributed by atoms with Gasteiger partial charge in [-0.25, -0.2) is 4.79 Å². The van der Waals surface area contributed by atoms with E-state index < -0.39 is 11.0 Å². The number of methoxy groups -OCH3 is 1. The molecule has 150 valence electrons. The van der Waals surface area contributed by atoms with E-state index in [0.29, 0.717) is 29.4 Å². The highest BCUT2D eigenvalue weighted by atomic mass is 16.6. The van der Waals surface area contributed by atoms with Crippen LogP contribution < -0.4 is 24.8 Å². The number of amides is 2. The summed E-state index contributed by atoms with van der Waals surface area (Å²) in [6.07, 6.45) is 0. The number of nitrogens with one attached hydrogen (secondary N) is 2. The quantitative estimate of drug-likeness (QED) is 0.499. The Balaban J connectivity index is 2.12. The molecule has 2 amide bonds. The molecule has 2 aromatic rings. The van der Waals surface area contributed by atoms with Crippen molar-refractivity contribution in [2.75, 3.05) is 25.6 Å². The zero-order valence-electron chi connectivity index (χ0n) is 16.0. The van der Waals surface area contributed by atoms with Gasteiger partial charge in [0.25, 0.3) is 0 Å². The first kappa shape index (κ1) is 20.8. The predicted octanol–water partition coefficient (Wildman–Crippen LogP) is 3.72. The van der Waals surface area contributed by atoms with E-state index in [2.05, 4.69) is 10.6 Å². The summed E-state index contributed by atoms with van der Waals surface area (Å²) in [6.45, 7) is 4.22. The normalized spacial score (nSPS) is 10.1. The molecule has 28 heavy (non-hydrogen) atoms. The molecule has 0 radical (unpaired) electrons. The fraction of sp³-hybridized carbons (Fsp3) is 0.316. The third-order valence-electron chi connectivity index (χ3n) is 3.73. The number of ether oxygens (including phenoxy) is 3. The van der Waals surface area contributed by atoms with Crippen LogP contribution in [0.25, 0.3) is 0 Å². The second-order valence-electron chi connectivity index (χ2n) is 5.59. The Morgan fingerprint density at radius 1 is 1.07 bits per heavy atom. The lowest BCUT2D eigenvalue weighted by molar-refractivity contribution is -0.385. The number of nitro groups is 1. The van der Waals surface area contributed by atoms with E-state index >= 15 is 0 Å². The topological polar surface area (TPSA) is 112 Å². The maximum absolute atomic E-state index is 12.2. The highest BCUT2D eigenvalue weighted by Gasteiger charge is 2.20. The van der Waals surface area contributed by atoms with Crippen LogP contribution in [0.3, 0.4) is 0 Å². The van der Waals surface area contributed by atoms with Crippen LogP contribution in [0.15, 0.2) is 36.4 Å². The van der Waals surface area contributed by atoms with Gasteiger partial charge >= 0.3 is 11.7 Å². The highest BCUT2D eigenvalue weighted by molar-refractivity contribution is 5.89. The summed E-state index contributed by atoms with van der Waals surface area (Å²) in [5, 5.41) is 16.7. The van der Waals surface area contributed by atoms with Crippen molar-refractivity contribution in [3.05, 3.63) is 52.1 Å². The van der Waals surface area contributed by atoms with E-state index in [9.17, 15) is 14.9 Å². The van der Waals surface area contributed by atoms with E-state index in [0.717, 1.165) is 0 Å². The number of urea groups is 1.